The maximum Gasteiger partial charge on any atom is 0.263 e. The van der Waals surface area contributed by atoms with Gasteiger partial charge in [-0.2, -0.15) is 0 Å². The van der Waals surface area contributed by atoms with Gasteiger partial charge in [0, 0.05) is 32.4 Å². The molecule has 0 aliphatic carbocycles. The fraction of sp³-hybridized carbons (Fsp3) is 0.273. The van der Waals surface area contributed by atoms with Crippen molar-refractivity contribution in [1.29, 1.82) is 0 Å². The third-order valence-corrected chi connectivity index (χ3v) is 4.89. The number of carbonyl (C=O) groups is 1. The number of hydrogen-bond donors (Lipinski definition) is 1. The quantitative estimate of drug-likeness (QED) is 0.676. The molecule has 0 radical (unpaired) electrons. The molecule has 1 N–H and O–H groups in total. The zero-order valence-corrected chi connectivity index (χ0v) is 16.8. The Kier molecular flexibility index (Phi) is 6.03. The molecule has 3 aromatic rings. The second-order valence-corrected chi connectivity index (χ2v) is 7.00. The lowest BCUT2D eigenvalue weighted by Gasteiger charge is -2.36. The average Bonchev–Trinajstić information content (AvgIpc) is 2.80. The van der Waals surface area contributed by atoms with Gasteiger partial charge in [-0.15, -0.1) is 10.2 Å². The lowest BCUT2D eigenvalue weighted by atomic mass is 10.2. The standard InChI is InChI=1S/C22H24N6O2/c1-17(30-18-7-3-2-4-8-18)22(29)28-15-13-27(14-16-28)21-11-10-20(25-26-21)24-19-9-5-6-12-23-19/h2-12,17H,13-16H2,1H3,(H,23,24,25). The van der Waals surface area contributed by atoms with Crippen LogP contribution in [0, 0.1) is 0 Å². The summed E-state index contributed by atoms with van der Waals surface area (Å²) in [6.45, 7) is 4.44. The molecule has 0 saturated carbocycles. The van der Waals surface area contributed by atoms with Crippen LogP contribution in [0.25, 0.3) is 0 Å². The van der Waals surface area contributed by atoms with Crippen molar-refractivity contribution in [3.63, 3.8) is 0 Å². The van der Waals surface area contributed by atoms with Crippen LogP contribution >= 0.6 is 0 Å². The van der Waals surface area contributed by atoms with E-state index in [0.29, 0.717) is 37.7 Å². The molecule has 1 aromatic carbocycles. The molecule has 1 atom stereocenters. The van der Waals surface area contributed by atoms with E-state index in [-0.39, 0.29) is 5.91 Å². The van der Waals surface area contributed by atoms with Gasteiger partial charge in [-0.05, 0) is 43.3 Å². The molecule has 0 bridgehead atoms. The Balaban J connectivity index is 1.29. The number of pyridine rings is 1. The van der Waals surface area contributed by atoms with Gasteiger partial charge in [0.1, 0.15) is 11.6 Å². The van der Waals surface area contributed by atoms with E-state index in [1.807, 2.05) is 65.6 Å². The second-order valence-electron chi connectivity index (χ2n) is 7.00. The summed E-state index contributed by atoms with van der Waals surface area (Å²) in [6, 6.07) is 18.9. The summed E-state index contributed by atoms with van der Waals surface area (Å²) >= 11 is 0. The van der Waals surface area contributed by atoms with E-state index in [4.69, 9.17) is 4.74 Å². The normalized spacial score (nSPS) is 14.8. The summed E-state index contributed by atoms with van der Waals surface area (Å²) < 4.78 is 5.76. The Hall–Kier alpha value is -3.68. The molecule has 154 valence electrons. The SMILES string of the molecule is CC(Oc1ccccc1)C(=O)N1CCN(c2ccc(Nc3ccccn3)nn2)CC1. The van der Waals surface area contributed by atoms with E-state index in [9.17, 15) is 4.79 Å². The van der Waals surface area contributed by atoms with Crippen molar-refractivity contribution < 1.29 is 9.53 Å². The number of ether oxygens (including phenoxy) is 1. The molecule has 0 spiro atoms. The fourth-order valence-electron chi connectivity index (χ4n) is 3.30. The van der Waals surface area contributed by atoms with Crippen LogP contribution in [0.3, 0.4) is 0 Å². The predicted octanol–water partition coefficient (Wildman–Crippen LogP) is 2.73. The number of nitrogens with one attached hydrogen (secondary N) is 1. The first kappa shape index (κ1) is 19.6. The Morgan fingerprint density at radius 1 is 0.933 bits per heavy atom. The van der Waals surface area contributed by atoms with Crippen LogP contribution in [0.15, 0.2) is 66.9 Å². The van der Waals surface area contributed by atoms with E-state index in [1.54, 1.807) is 13.1 Å². The van der Waals surface area contributed by atoms with Crippen LogP contribution < -0.4 is 15.0 Å². The van der Waals surface area contributed by atoms with Crippen LogP contribution in [0.2, 0.25) is 0 Å². The first-order valence-electron chi connectivity index (χ1n) is 9.96. The highest BCUT2D eigenvalue weighted by Gasteiger charge is 2.26. The first-order chi connectivity index (χ1) is 14.7. The van der Waals surface area contributed by atoms with E-state index < -0.39 is 6.10 Å². The number of hydrogen-bond acceptors (Lipinski definition) is 7. The van der Waals surface area contributed by atoms with Crippen LogP contribution in [-0.4, -0.2) is 58.3 Å². The monoisotopic (exact) mass is 404 g/mol. The van der Waals surface area contributed by atoms with E-state index in [0.717, 1.165) is 11.6 Å². The summed E-state index contributed by atoms with van der Waals surface area (Å²) in [5, 5.41) is 11.7. The highest BCUT2D eigenvalue weighted by molar-refractivity contribution is 5.81. The van der Waals surface area contributed by atoms with Gasteiger partial charge in [0.05, 0.1) is 0 Å². The minimum atomic E-state index is -0.518. The number of anilines is 3. The molecule has 4 rings (SSSR count). The molecular formula is C22H24N6O2. The van der Waals surface area contributed by atoms with Gasteiger partial charge in [-0.25, -0.2) is 4.98 Å². The number of amides is 1. The molecule has 1 unspecified atom stereocenters. The van der Waals surface area contributed by atoms with Crippen molar-refractivity contribution in [2.75, 3.05) is 36.4 Å². The number of carbonyl (C=O) groups excluding carboxylic acids is 1. The third kappa shape index (κ3) is 4.83. The first-order valence-corrected chi connectivity index (χ1v) is 9.96. The number of benzene rings is 1. The lowest BCUT2D eigenvalue weighted by Crippen LogP contribution is -2.52. The van der Waals surface area contributed by atoms with Gasteiger partial charge < -0.3 is 19.9 Å². The Morgan fingerprint density at radius 3 is 2.37 bits per heavy atom. The second kappa shape index (κ2) is 9.21. The molecule has 8 heteroatoms. The van der Waals surface area contributed by atoms with Gasteiger partial charge in [-0.1, -0.05) is 24.3 Å². The molecule has 1 fully saturated rings. The molecule has 1 amide bonds. The minimum Gasteiger partial charge on any atom is -0.481 e. The molecule has 1 aliphatic rings. The molecule has 30 heavy (non-hydrogen) atoms. The summed E-state index contributed by atoms with van der Waals surface area (Å²) in [6.07, 6.45) is 1.20. The van der Waals surface area contributed by atoms with Crippen LogP contribution in [-0.2, 0) is 4.79 Å². The topological polar surface area (TPSA) is 83.5 Å². The summed E-state index contributed by atoms with van der Waals surface area (Å²) in [7, 11) is 0. The number of nitrogens with zero attached hydrogens (tertiary/aromatic N) is 5. The molecule has 8 nitrogen and oxygen atoms in total. The molecular weight excluding hydrogens is 380 g/mol. The van der Waals surface area contributed by atoms with E-state index in [2.05, 4.69) is 25.4 Å². The van der Waals surface area contributed by atoms with Gasteiger partial charge >= 0.3 is 0 Å². The average molecular weight is 404 g/mol. The lowest BCUT2D eigenvalue weighted by molar-refractivity contribution is -0.138. The van der Waals surface area contributed by atoms with Gasteiger partial charge in [0.2, 0.25) is 0 Å². The number of piperazine rings is 1. The van der Waals surface area contributed by atoms with Gasteiger partial charge in [0.15, 0.2) is 17.7 Å². The Morgan fingerprint density at radius 2 is 1.70 bits per heavy atom. The number of rotatable bonds is 6. The largest absolute Gasteiger partial charge is 0.481 e. The maximum absolute atomic E-state index is 12.7. The van der Waals surface area contributed by atoms with Crippen LogP contribution in [0.5, 0.6) is 5.75 Å². The molecule has 2 aromatic heterocycles. The van der Waals surface area contributed by atoms with Crippen molar-refractivity contribution in [2.45, 2.75) is 13.0 Å². The van der Waals surface area contributed by atoms with Crippen molar-refractivity contribution in [3.8, 4) is 5.75 Å². The number of aromatic nitrogens is 3. The van der Waals surface area contributed by atoms with E-state index >= 15 is 0 Å². The predicted molar refractivity (Wildman–Crippen MR) is 115 cm³/mol. The Labute approximate surface area is 175 Å². The van der Waals surface area contributed by atoms with Crippen molar-refractivity contribution in [2.24, 2.45) is 0 Å². The van der Waals surface area contributed by atoms with Crippen LogP contribution in [0.1, 0.15) is 6.92 Å². The van der Waals surface area contributed by atoms with Crippen molar-refractivity contribution in [1.82, 2.24) is 20.1 Å². The van der Waals surface area contributed by atoms with Gasteiger partial charge in [0.25, 0.3) is 5.91 Å². The highest BCUT2D eigenvalue weighted by Crippen LogP contribution is 2.18. The van der Waals surface area contributed by atoms with Crippen LogP contribution in [0.4, 0.5) is 17.5 Å². The molecule has 1 saturated heterocycles. The summed E-state index contributed by atoms with van der Waals surface area (Å²) in [5.74, 6) is 2.85. The Bertz CT molecular complexity index is 944. The minimum absolute atomic E-state index is 0.000466. The summed E-state index contributed by atoms with van der Waals surface area (Å²) in [4.78, 5) is 20.9. The van der Waals surface area contributed by atoms with Gasteiger partial charge in [-0.3, -0.25) is 4.79 Å². The highest BCUT2D eigenvalue weighted by atomic mass is 16.5. The molecule has 3 heterocycles. The zero-order valence-electron chi connectivity index (χ0n) is 16.8. The molecule has 1 aliphatic heterocycles. The fourth-order valence-corrected chi connectivity index (χ4v) is 3.30. The zero-order chi connectivity index (χ0) is 20.8. The van der Waals surface area contributed by atoms with Crippen molar-refractivity contribution >= 4 is 23.4 Å². The summed E-state index contributed by atoms with van der Waals surface area (Å²) in [5.41, 5.74) is 0. The van der Waals surface area contributed by atoms with Crippen molar-refractivity contribution in [3.05, 3.63) is 66.9 Å². The van der Waals surface area contributed by atoms with E-state index in [1.165, 1.54) is 0 Å². The smallest absolute Gasteiger partial charge is 0.263 e. The maximum atomic E-state index is 12.7. The number of para-hydroxylation sites is 1. The third-order valence-electron chi connectivity index (χ3n) is 4.89.